The summed E-state index contributed by atoms with van der Waals surface area (Å²) in [7, 11) is 0. The maximum Gasteiger partial charge on any atom is -0.0116 e. The van der Waals surface area contributed by atoms with Crippen LogP contribution in [-0.4, -0.2) is 0 Å². The summed E-state index contributed by atoms with van der Waals surface area (Å²) in [5, 5.41) is 0. The van der Waals surface area contributed by atoms with Crippen LogP contribution in [0.25, 0.3) is 0 Å². The molecule has 62 valence electrons. The van der Waals surface area contributed by atoms with E-state index < -0.39 is 0 Å². The number of allylic oxidation sites excluding steroid dienone is 1. The molecule has 0 aromatic heterocycles. The van der Waals surface area contributed by atoms with Gasteiger partial charge in [0.25, 0.3) is 0 Å². The van der Waals surface area contributed by atoms with Crippen LogP contribution in [0.4, 0.5) is 0 Å². The molecule has 3 saturated carbocycles. The van der Waals surface area contributed by atoms with Gasteiger partial charge >= 0.3 is 0 Å². The van der Waals surface area contributed by atoms with Crippen molar-refractivity contribution in [3.63, 3.8) is 0 Å². The Balaban J connectivity index is 2.30. The van der Waals surface area contributed by atoms with Gasteiger partial charge in [-0.05, 0) is 42.9 Å². The summed E-state index contributed by atoms with van der Waals surface area (Å²) in [6.45, 7) is 9.01. The van der Waals surface area contributed by atoms with Crippen molar-refractivity contribution in [3.05, 3.63) is 12.2 Å². The molecule has 0 radical (unpaired) electrons. The van der Waals surface area contributed by atoms with Crippen molar-refractivity contribution in [1.29, 1.82) is 0 Å². The number of hydrogen-bond acceptors (Lipinski definition) is 0. The van der Waals surface area contributed by atoms with Gasteiger partial charge in [-0.2, -0.15) is 0 Å². The van der Waals surface area contributed by atoms with Gasteiger partial charge in [0.2, 0.25) is 0 Å². The van der Waals surface area contributed by atoms with Gasteiger partial charge in [0.1, 0.15) is 0 Å². The van der Waals surface area contributed by atoms with Crippen molar-refractivity contribution < 1.29 is 0 Å². The van der Waals surface area contributed by atoms with Gasteiger partial charge in [0, 0.05) is 0 Å². The molecule has 3 rings (SSSR count). The zero-order valence-corrected chi connectivity index (χ0v) is 7.69. The Bertz CT molecular complexity index is 180. The van der Waals surface area contributed by atoms with Crippen LogP contribution in [0.5, 0.6) is 0 Å². The lowest BCUT2D eigenvalue weighted by Gasteiger charge is -2.50. The molecule has 0 saturated heterocycles. The van der Waals surface area contributed by atoms with Crippen LogP contribution in [0.3, 0.4) is 0 Å². The Morgan fingerprint density at radius 3 is 2.00 bits per heavy atom. The van der Waals surface area contributed by atoms with E-state index in [9.17, 15) is 0 Å². The highest BCUT2D eigenvalue weighted by Crippen LogP contribution is 2.54. The molecule has 11 heavy (non-hydrogen) atoms. The first-order chi connectivity index (χ1) is 5.12. The molecule has 0 spiro atoms. The van der Waals surface area contributed by atoms with Crippen molar-refractivity contribution in [3.8, 4) is 0 Å². The van der Waals surface area contributed by atoms with E-state index in [1.807, 2.05) is 0 Å². The molecule has 0 N–H and O–H groups in total. The number of rotatable bonds is 0. The largest absolute Gasteiger partial charge is 0.0990 e. The molecule has 2 bridgehead atoms. The Morgan fingerprint density at radius 1 is 1.18 bits per heavy atom. The van der Waals surface area contributed by atoms with E-state index in [1.54, 1.807) is 5.57 Å². The Morgan fingerprint density at radius 2 is 1.73 bits per heavy atom. The Labute approximate surface area is 69.7 Å². The van der Waals surface area contributed by atoms with Crippen LogP contribution < -0.4 is 0 Å². The monoisotopic (exact) mass is 150 g/mol. The van der Waals surface area contributed by atoms with Crippen molar-refractivity contribution >= 4 is 0 Å². The van der Waals surface area contributed by atoms with Crippen LogP contribution in [-0.2, 0) is 0 Å². The minimum Gasteiger partial charge on any atom is -0.0990 e. The van der Waals surface area contributed by atoms with E-state index in [4.69, 9.17) is 0 Å². The molecular formula is C11H18. The molecule has 3 aliphatic rings. The number of hydrogen-bond donors (Lipinski definition) is 0. The maximum absolute atomic E-state index is 4.25. The highest BCUT2D eigenvalue weighted by atomic mass is 14.5. The third-order valence-corrected chi connectivity index (χ3v) is 4.07. The first-order valence-corrected chi connectivity index (χ1v) is 4.81. The standard InChI is InChI=1S/C11H18/c1-8-9-4-6-10(7-5-9)11(8,2)3/h9-10H,1,4-7H2,2-3H3. The van der Waals surface area contributed by atoms with E-state index in [-0.39, 0.29) is 0 Å². The third-order valence-electron chi connectivity index (χ3n) is 4.07. The minimum atomic E-state index is 0.459. The third kappa shape index (κ3) is 0.881. The SMILES string of the molecule is C=C1C2CCC(CC2)C1(C)C. The molecule has 0 aliphatic heterocycles. The molecule has 0 heterocycles. The van der Waals surface area contributed by atoms with Crippen LogP contribution in [0.15, 0.2) is 12.2 Å². The zero-order chi connectivity index (χ0) is 8.06. The average Bonchev–Trinajstić information content (AvgIpc) is 2.01. The van der Waals surface area contributed by atoms with Crippen LogP contribution in [0.2, 0.25) is 0 Å². The van der Waals surface area contributed by atoms with Crippen molar-refractivity contribution in [2.45, 2.75) is 39.5 Å². The summed E-state index contributed by atoms with van der Waals surface area (Å²) in [5.74, 6) is 1.81. The predicted octanol–water partition coefficient (Wildman–Crippen LogP) is 3.39. The van der Waals surface area contributed by atoms with Crippen molar-refractivity contribution in [2.75, 3.05) is 0 Å². The van der Waals surface area contributed by atoms with Crippen molar-refractivity contribution in [2.24, 2.45) is 17.3 Å². The second kappa shape index (κ2) is 2.12. The summed E-state index contributed by atoms with van der Waals surface area (Å²) in [4.78, 5) is 0. The summed E-state index contributed by atoms with van der Waals surface area (Å²) in [6, 6.07) is 0. The van der Waals surface area contributed by atoms with Gasteiger partial charge in [-0.1, -0.05) is 26.0 Å². The van der Waals surface area contributed by atoms with Gasteiger partial charge in [-0.3, -0.25) is 0 Å². The molecule has 0 nitrogen and oxygen atoms in total. The van der Waals surface area contributed by atoms with E-state index in [0.29, 0.717) is 5.41 Å². The lowest BCUT2D eigenvalue weighted by Crippen LogP contribution is -2.39. The summed E-state index contributed by atoms with van der Waals surface area (Å²) in [5.41, 5.74) is 2.00. The van der Waals surface area contributed by atoms with Crippen LogP contribution in [0.1, 0.15) is 39.5 Å². The average molecular weight is 150 g/mol. The second-order valence-corrected chi connectivity index (χ2v) is 4.80. The van der Waals surface area contributed by atoms with E-state index in [1.165, 1.54) is 25.7 Å². The van der Waals surface area contributed by atoms with Gasteiger partial charge in [-0.25, -0.2) is 0 Å². The predicted molar refractivity (Wildman–Crippen MR) is 48.4 cm³/mol. The lowest BCUT2D eigenvalue weighted by molar-refractivity contribution is 0.103. The number of fused-ring (bicyclic) bond motifs is 3. The highest BCUT2D eigenvalue weighted by molar-refractivity contribution is 5.19. The quantitative estimate of drug-likeness (QED) is 0.464. The van der Waals surface area contributed by atoms with Crippen LogP contribution in [0, 0.1) is 17.3 Å². The van der Waals surface area contributed by atoms with Gasteiger partial charge in [0.05, 0.1) is 0 Å². The molecule has 0 heteroatoms. The molecule has 0 aromatic rings. The second-order valence-electron chi connectivity index (χ2n) is 4.80. The van der Waals surface area contributed by atoms with Gasteiger partial charge in [-0.15, -0.1) is 0 Å². The molecule has 0 amide bonds. The molecule has 0 unspecified atom stereocenters. The lowest BCUT2D eigenvalue weighted by atomic mass is 9.55. The normalized spacial score (nSPS) is 41.1. The fourth-order valence-corrected chi connectivity index (χ4v) is 2.95. The fourth-order valence-electron chi connectivity index (χ4n) is 2.95. The molecule has 3 aliphatic carbocycles. The van der Waals surface area contributed by atoms with E-state index in [2.05, 4.69) is 20.4 Å². The zero-order valence-electron chi connectivity index (χ0n) is 7.69. The van der Waals surface area contributed by atoms with Gasteiger partial charge in [0.15, 0.2) is 0 Å². The van der Waals surface area contributed by atoms with Crippen molar-refractivity contribution in [1.82, 2.24) is 0 Å². The minimum absolute atomic E-state index is 0.459. The van der Waals surface area contributed by atoms with Crippen LogP contribution >= 0.6 is 0 Å². The first-order valence-electron chi connectivity index (χ1n) is 4.81. The first kappa shape index (κ1) is 7.39. The maximum atomic E-state index is 4.25. The molecular weight excluding hydrogens is 132 g/mol. The summed E-state index contributed by atoms with van der Waals surface area (Å²) in [6.07, 6.45) is 5.76. The fraction of sp³-hybridized carbons (Fsp3) is 0.818. The van der Waals surface area contributed by atoms with E-state index >= 15 is 0 Å². The topological polar surface area (TPSA) is 0 Å². The summed E-state index contributed by atoms with van der Waals surface area (Å²) >= 11 is 0. The highest BCUT2D eigenvalue weighted by Gasteiger charge is 2.43. The molecule has 0 atom stereocenters. The van der Waals surface area contributed by atoms with Gasteiger partial charge < -0.3 is 0 Å². The Kier molecular flexibility index (Phi) is 1.42. The Hall–Kier alpha value is -0.260. The smallest absolute Gasteiger partial charge is 0.0116 e. The summed E-state index contributed by atoms with van der Waals surface area (Å²) < 4.78 is 0. The molecule has 3 fully saturated rings. The molecule has 0 aromatic carbocycles. The van der Waals surface area contributed by atoms with E-state index in [0.717, 1.165) is 11.8 Å².